The SMILES string of the molecule is COc1ccc(-c2cncc(N3CC4CNC(C4)C3)c2)cc1F. The molecule has 3 heterocycles. The normalized spacial score (nSPS) is 23.1. The number of benzene rings is 1. The third-order valence-corrected chi connectivity index (χ3v) is 4.81. The fraction of sp³-hybridized carbons (Fsp3) is 0.389. The molecule has 0 amide bonds. The van der Waals surface area contributed by atoms with Crippen LogP contribution in [-0.4, -0.2) is 37.8 Å². The quantitative estimate of drug-likeness (QED) is 0.945. The highest BCUT2D eigenvalue weighted by Gasteiger charge is 2.32. The standard InChI is InChI=1S/C18H20FN3O/c1-23-18-3-2-13(6-17(18)19)14-5-16(9-20-8-14)22-10-12-4-15(11-22)21-7-12/h2-3,5-6,8-9,12,15,21H,4,7,10-11H2,1H3. The summed E-state index contributed by atoms with van der Waals surface area (Å²) >= 11 is 0. The molecule has 2 saturated heterocycles. The lowest BCUT2D eigenvalue weighted by atomic mass is 9.99. The zero-order valence-electron chi connectivity index (χ0n) is 13.1. The topological polar surface area (TPSA) is 37.4 Å². The van der Waals surface area contributed by atoms with Crippen LogP contribution in [0, 0.1) is 11.7 Å². The predicted molar refractivity (Wildman–Crippen MR) is 88.3 cm³/mol. The smallest absolute Gasteiger partial charge is 0.165 e. The molecule has 0 spiro atoms. The highest BCUT2D eigenvalue weighted by molar-refractivity contribution is 5.68. The van der Waals surface area contributed by atoms with E-state index in [4.69, 9.17) is 4.74 Å². The number of fused-ring (bicyclic) bond motifs is 2. The van der Waals surface area contributed by atoms with Crippen LogP contribution in [0.15, 0.2) is 36.7 Å². The number of ether oxygens (including phenoxy) is 1. The van der Waals surface area contributed by atoms with E-state index in [0.29, 0.717) is 6.04 Å². The molecular formula is C18H20FN3O. The first kappa shape index (κ1) is 14.5. The zero-order valence-corrected chi connectivity index (χ0v) is 13.1. The Balaban J connectivity index is 1.62. The Morgan fingerprint density at radius 3 is 2.91 bits per heavy atom. The first-order valence-electron chi connectivity index (χ1n) is 8.00. The largest absolute Gasteiger partial charge is 0.494 e. The number of anilines is 1. The Morgan fingerprint density at radius 1 is 1.22 bits per heavy atom. The van der Waals surface area contributed by atoms with Crippen molar-refractivity contribution in [3.63, 3.8) is 0 Å². The lowest BCUT2D eigenvalue weighted by Crippen LogP contribution is -2.41. The van der Waals surface area contributed by atoms with Crippen LogP contribution in [0.3, 0.4) is 0 Å². The maximum atomic E-state index is 13.9. The molecule has 2 unspecified atom stereocenters. The molecule has 4 rings (SSSR count). The molecule has 4 nitrogen and oxygen atoms in total. The molecule has 1 aromatic carbocycles. The van der Waals surface area contributed by atoms with E-state index in [1.165, 1.54) is 19.6 Å². The Hall–Kier alpha value is -2.14. The Labute approximate surface area is 135 Å². The van der Waals surface area contributed by atoms with E-state index in [9.17, 15) is 4.39 Å². The van der Waals surface area contributed by atoms with Crippen LogP contribution in [0.5, 0.6) is 5.75 Å². The van der Waals surface area contributed by atoms with Crippen molar-refractivity contribution in [3.8, 4) is 16.9 Å². The predicted octanol–water partition coefficient (Wildman–Crippen LogP) is 2.69. The van der Waals surface area contributed by atoms with E-state index in [1.54, 1.807) is 12.3 Å². The van der Waals surface area contributed by atoms with Gasteiger partial charge in [0.1, 0.15) is 0 Å². The van der Waals surface area contributed by atoms with Crippen molar-refractivity contribution < 1.29 is 9.13 Å². The lowest BCUT2D eigenvalue weighted by molar-refractivity contribution is 0.386. The van der Waals surface area contributed by atoms with Crippen molar-refractivity contribution in [1.82, 2.24) is 10.3 Å². The zero-order chi connectivity index (χ0) is 15.8. The van der Waals surface area contributed by atoms with Crippen LogP contribution in [0.1, 0.15) is 6.42 Å². The van der Waals surface area contributed by atoms with Crippen LogP contribution in [0.25, 0.3) is 11.1 Å². The van der Waals surface area contributed by atoms with E-state index in [1.807, 2.05) is 12.3 Å². The van der Waals surface area contributed by atoms with E-state index < -0.39 is 0 Å². The summed E-state index contributed by atoms with van der Waals surface area (Å²) in [6, 6.07) is 7.70. The number of pyridine rings is 1. The number of nitrogens with zero attached hydrogens (tertiary/aromatic N) is 2. The minimum atomic E-state index is -0.351. The van der Waals surface area contributed by atoms with Gasteiger partial charge in [-0.2, -0.15) is 0 Å². The van der Waals surface area contributed by atoms with Gasteiger partial charge >= 0.3 is 0 Å². The molecule has 1 aromatic heterocycles. The summed E-state index contributed by atoms with van der Waals surface area (Å²) in [7, 11) is 1.47. The molecule has 23 heavy (non-hydrogen) atoms. The second-order valence-electron chi connectivity index (χ2n) is 6.39. The van der Waals surface area contributed by atoms with Crippen molar-refractivity contribution in [2.24, 2.45) is 5.92 Å². The highest BCUT2D eigenvalue weighted by atomic mass is 19.1. The van der Waals surface area contributed by atoms with Crippen LogP contribution in [0.4, 0.5) is 10.1 Å². The lowest BCUT2D eigenvalue weighted by Gasteiger charge is -2.32. The van der Waals surface area contributed by atoms with Gasteiger partial charge in [-0.15, -0.1) is 0 Å². The van der Waals surface area contributed by atoms with Crippen LogP contribution < -0.4 is 15.0 Å². The molecular weight excluding hydrogens is 293 g/mol. The van der Waals surface area contributed by atoms with E-state index >= 15 is 0 Å². The van der Waals surface area contributed by atoms with E-state index in [2.05, 4.69) is 21.3 Å². The summed E-state index contributed by atoms with van der Waals surface area (Å²) in [5.41, 5.74) is 2.85. The number of piperidine rings is 1. The summed E-state index contributed by atoms with van der Waals surface area (Å²) in [4.78, 5) is 6.75. The summed E-state index contributed by atoms with van der Waals surface area (Å²) in [6.07, 6.45) is 4.95. The van der Waals surface area contributed by atoms with Crippen molar-refractivity contribution in [1.29, 1.82) is 0 Å². The minimum absolute atomic E-state index is 0.261. The Morgan fingerprint density at radius 2 is 2.13 bits per heavy atom. The van der Waals surface area contributed by atoms with Crippen LogP contribution in [0.2, 0.25) is 0 Å². The number of rotatable bonds is 3. The molecule has 2 aliphatic rings. The molecule has 0 radical (unpaired) electrons. The van der Waals surface area contributed by atoms with Gasteiger partial charge in [-0.25, -0.2) is 4.39 Å². The molecule has 5 heteroatoms. The van der Waals surface area contributed by atoms with Crippen molar-refractivity contribution in [3.05, 3.63) is 42.5 Å². The molecule has 0 aliphatic carbocycles. The van der Waals surface area contributed by atoms with Gasteiger partial charge in [0.25, 0.3) is 0 Å². The number of methoxy groups -OCH3 is 1. The molecule has 2 bridgehead atoms. The first-order chi connectivity index (χ1) is 11.2. The Kier molecular flexibility index (Phi) is 3.65. The van der Waals surface area contributed by atoms with Crippen molar-refractivity contribution in [2.75, 3.05) is 31.6 Å². The van der Waals surface area contributed by atoms with Crippen molar-refractivity contribution in [2.45, 2.75) is 12.5 Å². The van der Waals surface area contributed by atoms with Crippen molar-refractivity contribution >= 4 is 5.69 Å². The molecule has 2 fully saturated rings. The van der Waals surface area contributed by atoms with Crippen LogP contribution in [-0.2, 0) is 0 Å². The van der Waals surface area contributed by atoms with Crippen LogP contribution >= 0.6 is 0 Å². The molecule has 2 aliphatic heterocycles. The molecule has 2 atom stereocenters. The minimum Gasteiger partial charge on any atom is -0.494 e. The van der Waals surface area contributed by atoms with Gasteiger partial charge in [0.05, 0.1) is 19.0 Å². The summed E-state index contributed by atoms with van der Waals surface area (Å²) < 4.78 is 18.9. The number of hydrogen-bond acceptors (Lipinski definition) is 4. The first-order valence-corrected chi connectivity index (χ1v) is 8.00. The van der Waals surface area contributed by atoms with Gasteiger partial charge in [0.2, 0.25) is 0 Å². The van der Waals surface area contributed by atoms with Gasteiger partial charge < -0.3 is 15.0 Å². The average molecular weight is 313 g/mol. The second kappa shape index (κ2) is 5.81. The molecule has 120 valence electrons. The van der Waals surface area contributed by atoms with Gasteiger partial charge in [0.15, 0.2) is 11.6 Å². The maximum Gasteiger partial charge on any atom is 0.165 e. The number of halogens is 1. The summed E-state index contributed by atoms with van der Waals surface area (Å²) in [5.74, 6) is 0.628. The van der Waals surface area contributed by atoms with Gasteiger partial charge in [-0.05, 0) is 36.1 Å². The van der Waals surface area contributed by atoms with Gasteiger partial charge in [0, 0.05) is 37.4 Å². The highest BCUT2D eigenvalue weighted by Crippen LogP contribution is 2.30. The fourth-order valence-corrected chi connectivity index (χ4v) is 3.65. The van der Waals surface area contributed by atoms with E-state index in [0.717, 1.165) is 42.4 Å². The fourth-order valence-electron chi connectivity index (χ4n) is 3.65. The average Bonchev–Trinajstić information content (AvgIpc) is 2.93. The number of hydrogen-bond donors (Lipinski definition) is 1. The number of nitrogens with one attached hydrogen (secondary N) is 1. The third-order valence-electron chi connectivity index (χ3n) is 4.81. The maximum absolute atomic E-state index is 13.9. The molecule has 1 N–H and O–H groups in total. The second-order valence-corrected chi connectivity index (χ2v) is 6.39. The number of aromatic nitrogens is 1. The third kappa shape index (κ3) is 2.77. The monoisotopic (exact) mass is 313 g/mol. The van der Waals surface area contributed by atoms with Gasteiger partial charge in [-0.1, -0.05) is 6.07 Å². The summed E-state index contributed by atoms with van der Waals surface area (Å²) in [6.45, 7) is 3.18. The summed E-state index contributed by atoms with van der Waals surface area (Å²) in [5, 5.41) is 3.56. The van der Waals surface area contributed by atoms with E-state index in [-0.39, 0.29) is 11.6 Å². The molecule has 0 saturated carbocycles. The molecule has 2 aromatic rings. The Bertz CT molecular complexity index is 709. The van der Waals surface area contributed by atoms with Gasteiger partial charge in [-0.3, -0.25) is 4.98 Å².